The van der Waals surface area contributed by atoms with Gasteiger partial charge in [-0.05, 0) is 37.2 Å². The maximum Gasteiger partial charge on any atom is 0.217 e. The third-order valence-electron chi connectivity index (χ3n) is 4.34. The highest BCUT2D eigenvalue weighted by molar-refractivity contribution is 5.25. The Kier molecular flexibility index (Phi) is 3.02. The van der Waals surface area contributed by atoms with Crippen LogP contribution in [0, 0.1) is 11.8 Å². The highest BCUT2D eigenvalue weighted by atomic mass is 16.5. The van der Waals surface area contributed by atoms with Gasteiger partial charge < -0.3 is 10.1 Å². The first kappa shape index (κ1) is 11.0. The van der Waals surface area contributed by atoms with E-state index in [4.69, 9.17) is 4.74 Å². The molecule has 2 saturated carbocycles. The molecule has 3 unspecified atom stereocenters. The Morgan fingerprint density at radius 2 is 2.35 bits per heavy atom. The molecule has 2 fully saturated rings. The molecule has 0 aromatic carbocycles. The highest BCUT2D eigenvalue weighted by Gasteiger charge is 2.39. The number of fused-ring (bicyclic) bond motifs is 2. The Morgan fingerprint density at radius 1 is 1.41 bits per heavy atom. The number of aromatic nitrogens is 1. The summed E-state index contributed by atoms with van der Waals surface area (Å²) in [5, 5.41) is 3.68. The van der Waals surface area contributed by atoms with Crippen molar-refractivity contribution in [2.75, 3.05) is 7.11 Å². The number of nitrogens with one attached hydrogen (secondary N) is 1. The second kappa shape index (κ2) is 4.65. The van der Waals surface area contributed by atoms with Gasteiger partial charge in [-0.3, -0.25) is 0 Å². The summed E-state index contributed by atoms with van der Waals surface area (Å²) in [6.07, 6.45) is 7.47. The van der Waals surface area contributed by atoms with Gasteiger partial charge in [-0.15, -0.1) is 0 Å². The molecule has 2 aliphatic rings. The van der Waals surface area contributed by atoms with Crippen molar-refractivity contribution in [3.8, 4) is 5.88 Å². The van der Waals surface area contributed by atoms with Crippen LogP contribution >= 0.6 is 0 Å². The molecule has 17 heavy (non-hydrogen) atoms. The third kappa shape index (κ3) is 2.16. The lowest BCUT2D eigenvalue weighted by atomic mass is 9.95. The van der Waals surface area contributed by atoms with E-state index in [2.05, 4.69) is 16.4 Å². The molecular weight excluding hydrogens is 212 g/mol. The maximum atomic E-state index is 5.27. The minimum atomic E-state index is 0.721. The van der Waals surface area contributed by atoms with Crippen molar-refractivity contribution in [3.05, 3.63) is 23.9 Å². The molecule has 0 radical (unpaired) electrons. The minimum absolute atomic E-state index is 0.721. The van der Waals surface area contributed by atoms with E-state index >= 15 is 0 Å². The molecule has 3 rings (SSSR count). The summed E-state index contributed by atoms with van der Waals surface area (Å²) in [7, 11) is 1.68. The van der Waals surface area contributed by atoms with Gasteiger partial charge in [-0.25, -0.2) is 4.98 Å². The van der Waals surface area contributed by atoms with Crippen molar-refractivity contribution in [3.63, 3.8) is 0 Å². The quantitative estimate of drug-likeness (QED) is 0.865. The molecule has 0 spiro atoms. The first-order chi connectivity index (χ1) is 8.36. The van der Waals surface area contributed by atoms with Crippen molar-refractivity contribution < 1.29 is 4.74 Å². The molecule has 0 amide bonds. The number of rotatable bonds is 4. The lowest BCUT2D eigenvalue weighted by molar-refractivity contribution is 0.344. The van der Waals surface area contributed by atoms with Crippen LogP contribution in [-0.2, 0) is 6.54 Å². The van der Waals surface area contributed by atoms with Gasteiger partial charge in [-0.1, -0.05) is 12.5 Å². The van der Waals surface area contributed by atoms with Crippen molar-refractivity contribution in [2.24, 2.45) is 11.8 Å². The summed E-state index contributed by atoms with van der Waals surface area (Å²) >= 11 is 0. The van der Waals surface area contributed by atoms with Crippen molar-refractivity contribution >= 4 is 0 Å². The lowest BCUT2D eigenvalue weighted by Gasteiger charge is -2.23. The zero-order chi connectivity index (χ0) is 11.7. The zero-order valence-corrected chi connectivity index (χ0v) is 10.4. The number of hydrogen-bond acceptors (Lipinski definition) is 3. The zero-order valence-electron chi connectivity index (χ0n) is 10.4. The normalized spacial score (nSPS) is 30.8. The fourth-order valence-electron chi connectivity index (χ4n) is 3.48. The molecule has 3 atom stereocenters. The van der Waals surface area contributed by atoms with Gasteiger partial charge >= 0.3 is 0 Å². The van der Waals surface area contributed by atoms with Gasteiger partial charge in [0.1, 0.15) is 0 Å². The van der Waals surface area contributed by atoms with E-state index < -0.39 is 0 Å². The van der Waals surface area contributed by atoms with E-state index in [1.54, 1.807) is 13.3 Å². The molecule has 0 saturated heterocycles. The first-order valence-corrected chi connectivity index (χ1v) is 6.58. The van der Waals surface area contributed by atoms with Gasteiger partial charge in [0, 0.05) is 24.3 Å². The largest absolute Gasteiger partial charge is 0.481 e. The summed E-state index contributed by atoms with van der Waals surface area (Å²) < 4.78 is 5.27. The van der Waals surface area contributed by atoms with Crippen LogP contribution in [0.3, 0.4) is 0 Å². The Balaban J connectivity index is 1.60. The molecule has 2 aliphatic carbocycles. The number of hydrogen-bond donors (Lipinski definition) is 1. The molecule has 1 N–H and O–H groups in total. The monoisotopic (exact) mass is 232 g/mol. The van der Waals surface area contributed by atoms with Crippen LogP contribution in [0.5, 0.6) is 5.88 Å². The second-order valence-corrected chi connectivity index (χ2v) is 5.33. The van der Waals surface area contributed by atoms with Crippen molar-refractivity contribution in [1.29, 1.82) is 0 Å². The molecule has 2 bridgehead atoms. The molecular formula is C14H20N2O. The van der Waals surface area contributed by atoms with Gasteiger partial charge in [0.2, 0.25) is 5.88 Å². The molecule has 0 aliphatic heterocycles. The third-order valence-corrected chi connectivity index (χ3v) is 4.34. The molecule has 3 nitrogen and oxygen atoms in total. The lowest BCUT2D eigenvalue weighted by Crippen LogP contribution is -2.33. The summed E-state index contributed by atoms with van der Waals surface area (Å²) in [5.41, 5.74) is 1.16. The van der Waals surface area contributed by atoms with Gasteiger partial charge in [-0.2, -0.15) is 0 Å². The number of pyridine rings is 1. The van der Waals surface area contributed by atoms with Crippen LogP contribution in [0.15, 0.2) is 18.3 Å². The smallest absolute Gasteiger partial charge is 0.217 e. The van der Waals surface area contributed by atoms with Gasteiger partial charge in [0.15, 0.2) is 0 Å². The number of methoxy groups -OCH3 is 1. The fourth-order valence-corrected chi connectivity index (χ4v) is 3.48. The SMILES string of the molecule is COc1ncccc1CNC1CC2CCC1C2. The van der Waals surface area contributed by atoms with Gasteiger partial charge in [0.05, 0.1) is 7.11 Å². The minimum Gasteiger partial charge on any atom is -0.481 e. The summed E-state index contributed by atoms with van der Waals surface area (Å²) in [4.78, 5) is 4.23. The molecule has 1 aromatic heterocycles. The summed E-state index contributed by atoms with van der Waals surface area (Å²) in [6, 6.07) is 4.78. The standard InChI is InChI=1S/C14H20N2O/c1-17-14-12(3-2-6-15-14)9-16-13-8-10-4-5-11(13)7-10/h2-3,6,10-11,13,16H,4-5,7-9H2,1H3. The second-order valence-electron chi connectivity index (χ2n) is 5.33. The van der Waals surface area contributed by atoms with Crippen LogP contribution in [0.25, 0.3) is 0 Å². The Morgan fingerprint density at radius 3 is 3.06 bits per heavy atom. The van der Waals surface area contributed by atoms with Crippen molar-refractivity contribution in [1.82, 2.24) is 10.3 Å². The Hall–Kier alpha value is -1.09. The predicted octanol–water partition coefficient (Wildman–Crippen LogP) is 2.37. The van der Waals surface area contributed by atoms with Gasteiger partial charge in [0.25, 0.3) is 0 Å². The molecule has 1 heterocycles. The van der Waals surface area contributed by atoms with Crippen LogP contribution in [0.4, 0.5) is 0 Å². The maximum absolute atomic E-state index is 5.27. The molecule has 1 aromatic rings. The van der Waals surface area contributed by atoms with E-state index in [0.717, 1.165) is 35.9 Å². The van der Waals surface area contributed by atoms with E-state index in [1.165, 1.54) is 25.7 Å². The highest BCUT2D eigenvalue weighted by Crippen LogP contribution is 2.44. The number of nitrogens with zero attached hydrogens (tertiary/aromatic N) is 1. The van der Waals surface area contributed by atoms with E-state index in [0.29, 0.717) is 0 Å². The Bertz CT molecular complexity index is 394. The van der Waals surface area contributed by atoms with Crippen LogP contribution in [0.1, 0.15) is 31.2 Å². The topological polar surface area (TPSA) is 34.1 Å². The predicted molar refractivity (Wildman–Crippen MR) is 66.9 cm³/mol. The average molecular weight is 232 g/mol. The summed E-state index contributed by atoms with van der Waals surface area (Å²) in [6.45, 7) is 0.880. The average Bonchev–Trinajstić information content (AvgIpc) is 2.98. The first-order valence-electron chi connectivity index (χ1n) is 6.58. The van der Waals surface area contributed by atoms with Crippen LogP contribution in [0.2, 0.25) is 0 Å². The number of ether oxygens (including phenoxy) is 1. The molecule has 3 heteroatoms. The summed E-state index contributed by atoms with van der Waals surface area (Å²) in [5.74, 6) is 2.67. The van der Waals surface area contributed by atoms with E-state index in [9.17, 15) is 0 Å². The Labute approximate surface area is 103 Å². The van der Waals surface area contributed by atoms with Crippen LogP contribution in [-0.4, -0.2) is 18.1 Å². The fraction of sp³-hybridized carbons (Fsp3) is 0.643. The van der Waals surface area contributed by atoms with E-state index in [1.807, 2.05) is 6.07 Å². The van der Waals surface area contributed by atoms with E-state index in [-0.39, 0.29) is 0 Å². The molecule has 92 valence electrons. The van der Waals surface area contributed by atoms with Crippen molar-refractivity contribution in [2.45, 2.75) is 38.3 Å². The van der Waals surface area contributed by atoms with Crippen LogP contribution < -0.4 is 10.1 Å².